The van der Waals surface area contributed by atoms with Gasteiger partial charge >= 0.3 is 0 Å². The highest BCUT2D eigenvalue weighted by molar-refractivity contribution is 4.82. The summed E-state index contributed by atoms with van der Waals surface area (Å²) in [4.78, 5) is 0. The molecule has 2 unspecified atom stereocenters. The van der Waals surface area contributed by atoms with E-state index in [0.29, 0.717) is 0 Å². The molecule has 0 N–H and O–H groups in total. The Hall–Kier alpha value is 0. The lowest BCUT2D eigenvalue weighted by Crippen LogP contribution is -2.07. The Morgan fingerprint density at radius 2 is 1.69 bits per heavy atom. The molecule has 0 aromatic rings. The quantitative estimate of drug-likeness (QED) is 0.604. The van der Waals surface area contributed by atoms with Crippen molar-refractivity contribution in [2.24, 2.45) is 17.8 Å². The second kappa shape index (κ2) is 4.48. The van der Waals surface area contributed by atoms with E-state index < -0.39 is 0 Å². The highest BCUT2D eigenvalue weighted by atomic mass is 14.4. The van der Waals surface area contributed by atoms with E-state index in [1.54, 1.807) is 32.1 Å². The van der Waals surface area contributed by atoms with Crippen molar-refractivity contribution in [3.8, 4) is 0 Å². The fourth-order valence-electron chi connectivity index (χ4n) is 3.64. The molecule has 0 saturated heterocycles. The highest BCUT2D eigenvalue weighted by Crippen LogP contribution is 2.43. The molecule has 0 nitrogen and oxygen atoms in total. The van der Waals surface area contributed by atoms with E-state index in [2.05, 4.69) is 6.92 Å². The van der Waals surface area contributed by atoms with Crippen LogP contribution in [-0.2, 0) is 0 Å². The zero-order chi connectivity index (χ0) is 9.10. The third-order valence-electron chi connectivity index (χ3n) is 4.35. The third-order valence-corrected chi connectivity index (χ3v) is 4.35. The van der Waals surface area contributed by atoms with E-state index in [-0.39, 0.29) is 0 Å². The maximum atomic E-state index is 2.34. The Labute approximate surface area is 83.1 Å². The topological polar surface area (TPSA) is 0 Å². The molecule has 0 aromatic heterocycles. The summed E-state index contributed by atoms with van der Waals surface area (Å²) in [5.41, 5.74) is 0. The van der Waals surface area contributed by atoms with Gasteiger partial charge in [0, 0.05) is 0 Å². The first kappa shape index (κ1) is 9.55. The van der Waals surface area contributed by atoms with Gasteiger partial charge in [-0.25, -0.2) is 0 Å². The molecule has 2 rings (SSSR count). The second-order valence-electron chi connectivity index (χ2n) is 5.27. The molecule has 2 saturated carbocycles. The second-order valence-corrected chi connectivity index (χ2v) is 5.27. The molecule has 0 aliphatic heterocycles. The first-order valence-electron chi connectivity index (χ1n) is 6.40. The summed E-state index contributed by atoms with van der Waals surface area (Å²) in [5, 5.41) is 0. The van der Waals surface area contributed by atoms with E-state index in [0.717, 1.165) is 17.8 Å². The summed E-state index contributed by atoms with van der Waals surface area (Å²) in [6.07, 6.45) is 13.8. The highest BCUT2D eigenvalue weighted by Gasteiger charge is 2.31. The molecule has 2 aliphatic rings. The molecule has 76 valence electrons. The zero-order valence-corrected chi connectivity index (χ0v) is 9.10. The molecule has 0 bridgehead atoms. The van der Waals surface area contributed by atoms with Gasteiger partial charge in [-0.3, -0.25) is 0 Å². The van der Waals surface area contributed by atoms with Crippen molar-refractivity contribution < 1.29 is 0 Å². The molecular formula is C13H24. The van der Waals surface area contributed by atoms with E-state index in [4.69, 9.17) is 0 Å². The van der Waals surface area contributed by atoms with Gasteiger partial charge in [0.25, 0.3) is 0 Å². The summed E-state index contributed by atoms with van der Waals surface area (Å²) >= 11 is 0. The standard InChI is InChI=1S/C13H24/c1-2-5-11-8-9-13(10-11)12-6-3-4-7-12/h11-13H,2-10H2,1H3. The van der Waals surface area contributed by atoms with Gasteiger partial charge in [0.2, 0.25) is 0 Å². The van der Waals surface area contributed by atoms with Crippen molar-refractivity contribution in [2.45, 2.75) is 64.7 Å². The van der Waals surface area contributed by atoms with Gasteiger partial charge in [-0.15, -0.1) is 0 Å². The van der Waals surface area contributed by atoms with Crippen molar-refractivity contribution in [2.75, 3.05) is 0 Å². The summed E-state index contributed by atoms with van der Waals surface area (Å²) in [6.45, 7) is 2.34. The molecule has 0 heteroatoms. The smallest absolute Gasteiger partial charge is 0.0383 e. The largest absolute Gasteiger partial charge is 0.0654 e. The van der Waals surface area contributed by atoms with Crippen LogP contribution in [0.1, 0.15) is 64.7 Å². The molecule has 0 aromatic carbocycles. The van der Waals surface area contributed by atoms with Gasteiger partial charge in [0.05, 0.1) is 0 Å². The average molecular weight is 180 g/mol. The van der Waals surface area contributed by atoms with Crippen LogP contribution in [0, 0.1) is 17.8 Å². The van der Waals surface area contributed by atoms with Crippen LogP contribution in [-0.4, -0.2) is 0 Å². The summed E-state index contributed by atoms with van der Waals surface area (Å²) in [5.74, 6) is 3.39. The monoisotopic (exact) mass is 180 g/mol. The minimum absolute atomic E-state index is 1.11. The molecule has 0 spiro atoms. The summed E-state index contributed by atoms with van der Waals surface area (Å²) in [7, 11) is 0. The first-order chi connectivity index (χ1) is 6.40. The minimum atomic E-state index is 1.11. The predicted octanol–water partition coefficient (Wildman–Crippen LogP) is 4.39. The Kier molecular flexibility index (Phi) is 3.29. The van der Waals surface area contributed by atoms with E-state index in [1.807, 2.05) is 0 Å². The van der Waals surface area contributed by atoms with Gasteiger partial charge in [-0.2, -0.15) is 0 Å². The van der Waals surface area contributed by atoms with Gasteiger partial charge in [-0.1, -0.05) is 51.9 Å². The van der Waals surface area contributed by atoms with E-state index in [1.165, 1.54) is 25.7 Å². The van der Waals surface area contributed by atoms with Crippen LogP contribution < -0.4 is 0 Å². The zero-order valence-electron chi connectivity index (χ0n) is 9.10. The van der Waals surface area contributed by atoms with Crippen molar-refractivity contribution >= 4 is 0 Å². The van der Waals surface area contributed by atoms with Gasteiger partial charge in [0.15, 0.2) is 0 Å². The van der Waals surface area contributed by atoms with Crippen molar-refractivity contribution in [3.63, 3.8) is 0 Å². The lowest BCUT2D eigenvalue weighted by atomic mass is 9.88. The molecular weight excluding hydrogens is 156 g/mol. The Morgan fingerprint density at radius 3 is 2.38 bits per heavy atom. The van der Waals surface area contributed by atoms with Crippen LogP contribution in [0.15, 0.2) is 0 Å². The van der Waals surface area contributed by atoms with Crippen LogP contribution in [0.25, 0.3) is 0 Å². The number of rotatable bonds is 3. The Balaban J connectivity index is 1.76. The number of hydrogen-bond acceptors (Lipinski definition) is 0. The van der Waals surface area contributed by atoms with Crippen LogP contribution in [0.2, 0.25) is 0 Å². The molecule has 2 aliphatic carbocycles. The molecule has 0 amide bonds. The Morgan fingerprint density at radius 1 is 0.923 bits per heavy atom. The predicted molar refractivity (Wildman–Crippen MR) is 57.7 cm³/mol. The van der Waals surface area contributed by atoms with Crippen molar-refractivity contribution in [1.29, 1.82) is 0 Å². The molecule has 2 atom stereocenters. The average Bonchev–Trinajstić information content (AvgIpc) is 2.70. The molecule has 13 heavy (non-hydrogen) atoms. The van der Waals surface area contributed by atoms with Gasteiger partial charge in [0.1, 0.15) is 0 Å². The van der Waals surface area contributed by atoms with Crippen LogP contribution in [0.3, 0.4) is 0 Å². The summed E-state index contributed by atoms with van der Waals surface area (Å²) in [6, 6.07) is 0. The lowest BCUT2D eigenvalue weighted by Gasteiger charge is -2.17. The van der Waals surface area contributed by atoms with E-state index >= 15 is 0 Å². The maximum absolute atomic E-state index is 2.34. The van der Waals surface area contributed by atoms with Crippen LogP contribution in [0.4, 0.5) is 0 Å². The third kappa shape index (κ3) is 2.27. The van der Waals surface area contributed by atoms with Gasteiger partial charge in [-0.05, 0) is 30.6 Å². The fraction of sp³-hybridized carbons (Fsp3) is 1.00. The molecule has 0 heterocycles. The molecule has 0 radical (unpaired) electrons. The van der Waals surface area contributed by atoms with E-state index in [9.17, 15) is 0 Å². The minimum Gasteiger partial charge on any atom is -0.0654 e. The summed E-state index contributed by atoms with van der Waals surface area (Å²) < 4.78 is 0. The lowest BCUT2D eigenvalue weighted by molar-refractivity contribution is 0.331. The fourth-order valence-corrected chi connectivity index (χ4v) is 3.64. The Bertz CT molecular complexity index is 144. The van der Waals surface area contributed by atoms with Crippen LogP contribution >= 0.6 is 0 Å². The maximum Gasteiger partial charge on any atom is -0.0383 e. The first-order valence-corrected chi connectivity index (χ1v) is 6.40. The van der Waals surface area contributed by atoms with Crippen molar-refractivity contribution in [1.82, 2.24) is 0 Å². The van der Waals surface area contributed by atoms with Crippen molar-refractivity contribution in [3.05, 3.63) is 0 Å². The molecule has 2 fully saturated rings. The normalized spacial score (nSPS) is 35.8. The van der Waals surface area contributed by atoms with Gasteiger partial charge < -0.3 is 0 Å². The van der Waals surface area contributed by atoms with Crippen LogP contribution in [0.5, 0.6) is 0 Å². The number of hydrogen-bond donors (Lipinski definition) is 0. The SMILES string of the molecule is CCCC1CCC(C2CCCC2)C1.